The van der Waals surface area contributed by atoms with E-state index in [9.17, 15) is 9.18 Å². The first kappa shape index (κ1) is 23.3. The summed E-state index contributed by atoms with van der Waals surface area (Å²) in [5.74, 6) is -0.0758. The zero-order chi connectivity index (χ0) is 24.9. The predicted octanol–water partition coefficient (Wildman–Crippen LogP) is 5.88. The third-order valence-electron chi connectivity index (χ3n) is 5.44. The van der Waals surface area contributed by atoms with Crippen LogP contribution in [0.25, 0.3) is 11.1 Å². The van der Waals surface area contributed by atoms with Crippen molar-refractivity contribution in [1.29, 1.82) is 0 Å². The van der Waals surface area contributed by atoms with Gasteiger partial charge in [0.05, 0.1) is 18.4 Å². The first-order chi connectivity index (χ1) is 17.5. The van der Waals surface area contributed by atoms with E-state index in [-0.39, 0.29) is 18.3 Å². The van der Waals surface area contributed by atoms with Crippen LogP contribution in [0.5, 0.6) is 5.75 Å². The lowest BCUT2D eigenvalue weighted by molar-refractivity contribution is 0.102. The van der Waals surface area contributed by atoms with Crippen LogP contribution in [-0.2, 0) is 13.3 Å². The summed E-state index contributed by atoms with van der Waals surface area (Å²) in [7, 11) is 0. The van der Waals surface area contributed by atoms with Gasteiger partial charge in [0, 0.05) is 17.4 Å². The molecule has 0 aliphatic carbocycles. The number of amides is 1. The number of anilines is 1. The highest BCUT2D eigenvalue weighted by Crippen LogP contribution is 2.22. The summed E-state index contributed by atoms with van der Waals surface area (Å²) < 4.78 is 22.2. The van der Waals surface area contributed by atoms with Gasteiger partial charge in [0.15, 0.2) is 12.4 Å². The van der Waals surface area contributed by atoms with Crippen LogP contribution in [0.15, 0.2) is 97.5 Å². The lowest BCUT2D eigenvalue weighted by Crippen LogP contribution is -2.14. The van der Waals surface area contributed by atoms with Crippen molar-refractivity contribution in [3.05, 3.63) is 120 Å². The molecule has 180 valence electrons. The second-order valence-corrected chi connectivity index (χ2v) is 8.43. The van der Waals surface area contributed by atoms with Crippen LogP contribution in [0.3, 0.4) is 0 Å². The van der Waals surface area contributed by atoms with Crippen LogP contribution >= 0.6 is 11.6 Å². The van der Waals surface area contributed by atoms with E-state index < -0.39 is 5.82 Å². The lowest BCUT2D eigenvalue weighted by atomic mass is 10.1. The molecule has 1 amide bonds. The summed E-state index contributed by atoms with van der Waals surface area (Å²) in [6, 6.07) is 23.7. The quantitative estimate of drug-likeness (QED) is 0.288. The Morgan fingerprint density at radius 3 is 2.53 bits per heavy atom. The first-order valence-electron chi connectivity index (χ1n) is 11.1. The topological polar surface area (TPSA) is 74.0 Å². The standard InChI is InChI=1S/C27H21ClFN5O2/c28-25-14-22(29)9-6-21(25)16-34-17-23(15-30-34)31-27(35)26-12-13-33(32-26)18-36-24-10-7-20(8-11-24)19-4-2-1-3-5-19/h1-15,17H,16,18H2,(H,31,35). The molecular formula is C27H21ClFN5O2. The lowest BCUT2D eigenvalue weighted by Gasteiger charge is -2.07. The van der Waals surface area contributed by atoms with Gasteiger partial charge in [-0.25, -0.2) is 9.07 Å². The van der Waals surface area contributed by atoms with E-state index in [0.717, 1.165) is 11.1 Å². The molecule has 0 atom stereocenters. The highest BCUT2D eigenvalue weighted by atomic mass is 35.5. The largest absolute Gasteiger partial charge is 0.471 e. The number of nitrogens with one attached hydrogen (secondary N) is 1. The Morgan fingerprint density at radius 2 is 1.75 bits per heavy atom. The van der Waals surface area contributed by atoms with Crippen molar-refractivity contribution in [2.75, 3.05) is 5.32 Å². The van der Waals surface area contributed by atoms with Gasteiger partial charge in [-0.2, -0.15) is 10.2 Å². The Balaban J connectivity index is 1.15. The van der Waals surface area contributed by atoms with Crippen molar-refractivity contribution in [1.82, 2.24) is 19.6 Å². The third-order valence-corrected chi connectivity index (χ3v) is 5.79. The van der Waals surface area contributed by atoms with E-state index >= 15 is 0 Å². The number of benzene rings is 3. The van der Waals surface area contributed by atoms with Crippen molar-refractivity contribution in [3.63, 3.8) is 0 Å². The van der Waals surface area contributed by atoms with Crippen LogP contribution in [0.1, 0.15) is 16.1 Å². The molecule has 2 heterocycles. The number of nitrogens with zero attached hydrogens (tertiary/aromatic N) is 4. The SMILES string of the molecule is O=C(Nc1cnn(Cc2ccc(F)cc2Cl)c1)c1ccn(COc2ccc(-c3ccccc3)cc2)n1. The molecule has 2 aromatic heterocycles. The average molecular weight is 502 g/mol. The maximum Gasteiger partial charge on any atom is 0.276 e. The maximum absolute atomic E-state index is 13.2. The Bertz CT molecular complexity index is 1480. The predicted molar refractivity (Wildman–Crippen MR) is 135 cm³/mol. The summed E-state index contributed by atoms with van der Waals surface area (Å²) in [6.07, 6.45) is 4.86. The molecule has 5 rings (SSSR count). The van der Waals surface area contributed by atoms with Crippen LogP contribution in [-0.4, -0.2) is 25.5 Å². The highest BCUT2D eigenvalue weighted by molar-refractivity contribution is 6.31. The average Bonchev–Trinajstić information content (AvgIpc) is 3.55. The van der Waals surface area contributed by atoms with E-state index in [4.69, 9.17) is 16.3 Å². The normalized spacial score (nSPS) is 10.8. The summed E-state index contributed by atoms with van der Waals surface area (Å²) in [4.78, 5) is 12.6. The fourth-order valence-corrected chi connectivity index (χ4v) is 3.83. The van der Waals surface area contributed by atoms with Crippen molar-refractivity contribution in [2.45, 2.75) is 13.3 Å². The van der Waals surface area contributed by atoms with Crippen LogP contribution in [0.4, 0.5) is 10.1 Å². The van der Waals surface area contributed by atoms with Gasteiger partial charge in [-0.3, -0.25) is 9.48 Å². The fourth-order valence-electron chi connectivity index (χ4n) is 3.60. The maximum atomic E-state index is 13.2. The van der Waals surface area contributed by atoms with Crippen LogP contribution in [0.2, 0.25) is 5.02 Å². The number of aromatic nitrogens is 4. The molecule has 0 saturated carbocycles. The minimum Gasteiger partial charge on any atom is -0.471 e. The molecule has 0 radical (unpaired) electrons. The molecule has 0 bridgehead atoms. The summed E-state index contributed by atoms with van der Waals surface area (Å²) in [5.41, 5.74) is 3.70. The summed E-state index contributed by atoms with van der Waals surface area (Å²) >= 11 is 6.08. The van der Waals surface area contributed by atoms with E-state index in [0.29, 0.717) is 28.6 Å². The fraction of sp³-hybridized carbons (Fsp3) is 0.0741. The molecule has 36 heavy (non-hydrogen) atoms. The number of hydrogen-bond donors (Lipinski definition) is 1. The van der Waals surface area contributed by atoms with Gasteiger partial charge >= 0.3 is 0 Å². The van der Waals surface area contributed by atoms with E-state index in [1.165, 1.54) is 18.3 Å². The molecule has 0 saturated heterocycles. The van der Waals surface area contributed by atoms with Gasteiger partial charge in [0.2, 0.25) is 0 Å². The molecule has 0 aliphatic heterocycles. The summed E-state index contributed by atoms with van der Waals surface area (Å²) in [5, 5.41) is 11.6. The molecule has 5 aromatic rings. The van der Waals surface area contributed by atoms with Crippen molar-refractivity contribution in [2.24, 2.45) is 0 Å². The Hall–Kier alpha value is -4.43. The molecule has 0 aliphatic rings. The minimum atomic E-state index is -0.400. The first-order valence-corrected chi connectivity index (χ1v) is 11.5. The van der Waals surface area contributed by atoms with Crippen molar-refractivity contribution in [3.8, 4) is 16.9 Å². The Morgan fingerprint density at radius 1 is 0.972 bits per heavy atom. The molecular weight excluding hydrogens is 481 g/mol. The van der Waals surface area contributed by atoms with Gasteiger partial charge in [-0.15, -0.1) is 0 Å². The second-order valence-electron chi connectivity index (χ2n) is 8.02. The van der Waals surface area contributed by atoms with Crippen molar-refractivity contribution >= 4 is 23.2 Å². The number of halogens is 2. The molecule has 0 spiro atoms. The molecule has 9 heteroatoms. The van der Waals surface area contributed by atoms with E-state index in [1.807, 2.05) is 42.5 Å². The van der Waals surface area contributed by atoms with Gasteiger partial charge in [-0.05, 0) is 47.0 Å². The number of rotatable bonds is 8. The van der Waals surface area contributed by atoms with Gasteiger partial charge < -0.3 is 10.1 Å². The third kappa shape index (κ3) is 5.61. The van der Waals surface area contributed by atoms with Gasteiger partial charge in [0.1, 0.15) is 11.6 Å². The van der Waals surface area contributed by atoms with Crippen LogP contribution in [0, 0.1) is 5.82 Å². The van der Waals surface area contributed by atoms with E-state index in [2.05, 4.69) is 27.6 Å². The molecule has 0 unspecified atom stereocenters. The van der Waals surface area contributed by atoms with Crippen LogP contribution < -0.4 is 10.1 Å². The van der Waals surface area contributed by atoms with E-state index in [1.54, 1.807) is 33.9 Å². The molecule has 3 aromatic carbocycles. The smallest absolute Gasteiger partial charge is 0.276 e. The Labute approximate surface area is 211 Å². The summed E-state index contributed by atoms with van der Waals surface area (Å²) in [6.45, 7) is 0.502. The number of ether oxygens (including phenoxy) is 1. The number of carbonyl (C=O) groups excluding carboxylic acids is 1. The van der Waals surface area contributed by atoms with Gasteiger partial charge in [0.25, 0.3) is 5.91 Å². The Kier molecular flexibility index (Phi) is 6.77. The van der Waals surface area contributed by atoms with Gasteiger partial charge in [-0.1, -0.05) is 60.1 Å². The highest BCUT2D eigenvalue weighted by Gasteiger charge is 2.12. The monoisotopic (exact) mass is 501 g/mol. The zero-order valence-corrected chi connectivity index (χ0v) is 19.8. The zero-order valence-electron chi connectivity index (χ0n) is 19.0. The molecule has 0 fully saturated rings. The second kappa shape index (κ2) is 10.5. The molecule has 1 N–H and O–H groups in total. The number of hydrogen-bond acceptors (Lipinski definition) is 4. The minimum absolute atomic E-state index is 0.161. The van der Waals surface area contributed by atoms with Crippen molar-refractivity contribution < 1.29 is 13.9 Å². The number of carbonyl (C=O) groups is 1. The molecule has 7 nitrogen and oxygen atoms in total.